The number of likely N-dealkylation sites (N-methyl/N-ethyl adjacent to an activating group) is 1. The van der Waals surface area contributed by atoms with Crippen molar-refractivity contribution in [2.45, 2.75) is 115 Å². The van der Waals surface area contributed by atoms with Gasteiger partial charge in [-0.25, -0.2) is 18.9 Å². The van der Waals surface area contributed by atoms with E-state index in [1.165, 1.54) is 15.6 Å². The van der Waals surface area contributed by atoms with Crippen LogP contribution in [0.5, 0.6) is 17.6 Å². The third kappa shape index (κ3) is 12.8. The van der Waals surface area contributed by atoms with Gasteiger partial charge in [-0.15, -0.1) is 16.4 Å². The van der Waals surface area contributed by atoms with E-state index in [2.05, 4.69) is 42.2 Å². The minimum absolute atomic E-state index is 0.0396. The van der Waals surface area contributed by atoms with Crippen LogP contribution in [0, 0.1) is 25.6 Å². The Morgan fingerprint density at radius 3 is 2.40 bits per heavy atom. The number of hydrogen-bond donors (Lipinski definition) is 5. The van der Waals surface area contributed by atoms with Crippen LogP contribution in [0.25, 0.3) is 54.6 Å². The van der Waals surface area contributed by atoms with E-state index in [1.54, 1.807) is 41.1 Å². The van der Waals surface area contributed by atoms with Gasteiger partial charge in [0, 0.05) is 67.6 Å². The quantitative estimate of drug-likeness (QED) is 0.0430. The number of thiazole rings is 1. The molecule has 0 spiro atoms. The first kappa shape index (κ1) is 60.1. The van der Waals surface area contributed by atoms with Gasteiger partial charge < -0.3 is 54.5 Å². The topological polar surface area (TPSA) is 260 Å². The van der Waals surface area contributed by atoms with Crippen molar-refractivity contribution in [3.05, 3.63) is 112 Å². The molecule has 462 valence electrons. The molecule has 22 nitrogen and oxygen atoms in total. The Morgan fingerprint density at radius 1 is 0.932 bits per heavy atom. The first-order valence-electron chi connectivity index (χ1n) is 30.2. The van der Waals surface area contributed by atoms with E-state index < -0.39 is 36.0 Å². The fourth-order valence-electron chi connectivity index (χ4n) is 12.0. The molecular weight excluding hydrogens is 1150 g/mol. The first-order valence-corrected chi connectivity index (χ1v) is 31.1. The zero-order valence-electron chi connectivity index (χ0n) is 50.2. The number of urea groups is 1. The third-order valence-electron chi connectivity index (χ3n) is 17.1. The molecular formula is C64H74FN13O9S. The zero-order chi connectivity index (χ0) is 61.3. The van der Waals surface area contributed by atoms with Crippen molar-refractivity contribution in [1.29, 1.82) is 0 Å². The van der Waals surface area contributed by atoms with Crippen LogP contribution in [-0.2, 0) is 20.9 Å². The fourth-order valence-corrected chi connectivity index (χ4v) is 12.9. The molecule has 3 aliphatic heterocycles. The Bertz CT molecular complexity index is 3820. The smallest absolute Gasteiger partial charge is 0.320 e. The van der Waals surface area contributed by atoms with Gasteiger partial charge in [0.1, 0.15) is 47.9 Å². The number of benzene rings is 4. The van der Waals surface area contributed by atoms with Gasteiger partial charge in [-0.2, -0.15) is 15.1 Å². The molecule has 24 heteroatoms. The standard InChI is InChI=1S/C64H74FN13O9S/c1-35(2)57(62(82)77-29-43(80)25-53(77)60(81)69-50(17-22-79)40-13-15-42(16-14-40)59-37(4)67-34-88-59)78-32-52(73-74-78)41-9-7-38(8-10-41)33-85-58-55(54-36(3)49(65)27-51-48(54)28-68-72-51)46(39-11-12-39)26-47-56(58)70-63(87-44-18-23-84-24-19-44)71-61(47)86-45-30-76(31-45)64(83)66-20-21-75(5)6/h7-10,13-16,26-28,32,34-35,39,43-45,50,53,57,79-80H,11-12,17-25,29-31,33H2,1-6H3,(H,66,83)(H,68,72)(H,69,81)/t43-,50+,53+,57+/m1/s1. The summed E-state index contributed by atoms with van der Waals surface area (Å²) in [7, 11) is 3.91. The number of nitrogens with one attached hydrogen (secondary N) is 3. The van der Waals surface area contributed by atoms with Crippen LogP contribution >= 0.6 is 11.3 Å². The third-order valence-corrected chi connectivity index (χ3v) is 18.0. The molecule has 12 rings (SSSR count). The SMILES string of the molecule is Cc1ncsc1-c1ccc([C@H](CCO)NC(=O)[C@@H]2C[C@@H](O)CN2C(=O)[C@H](C(C)C)n2cc(-c3ccc(COc4c(-c5c(C)c(F)cc6[nH]ncc56)c(C5CC5)cc5c(OC6CN(C(=O)NCCN(C)C)C6)nc(OC6CCOCC6)nc45)cc3)nn2)cc1. The van der Waals surface area contributed by atoms with E-state index in [0.29, 0.717) is 108 Å². The maximum Gasteiger partial charge on any atom is 0.320 e. The summed E-state index contributed by atoms with van der Waals surface area (Å²) in [5.74, 6) is -0.695. The van der Waals surface area contributed by atoms with E-state index >= 15 is 4.39 Å². The number of carbonyl (C=O) groups excluding carboxylic acids is 3. The summed E-state index contributed by atoms with van der Waals surface area (Å²) in [6, 6.07) is 16.5. The highest BCUT2D eigenvalue weighted by Gasteiger charge is 2.44. The normalized spacial score (nSPS) is 18.1. The maximum absolute atomic E-state index is 16.2. The van der Waals surface area contributed by atoms with Crippen molar-refractivity contribution < 1.29 is 47.9 Å². The molecule has 0 unspecified atom stereocenters. The zero-order valence-corrected chi connectivity index (χ0v) is 51.1. The number of aromatic amines is 1. The van der Waals surface area contributed by atoms with Gasteiger partial charge in [0.2, 0.25) is 17.7 Å². The van der Waals surface area contributed by atoms with Crippen LogP contribution in [0.15, 0.2) is 78.6 Å². The van der Waals surface area contributed by atoms with Gasteiger partial charge in [-0.3, -0.25) is 14.7 Å². The number of aliphatic hydroxyl groups is 2. The number of nitrogens with zero attached hydrogens (tertiary/aromatic N) is 10. The van der Waals surface area contributed by atoms with Crippen LogP contribution in [0.3, 0.4) is 0 Å². The number of hydrogen-bond acceptors (Lipinski definition) is 17. The number of carbonyl (C=O) groups is 3. The molecule has 4 atom stereocenters. The highest BCUT2D eigenvalue weighted by Crippen LogP contribution is 2.53. The summed E-state index contributed by atoms with van der Waals surface area (Å²) in [5, 5.41) is 44.7. The molecule has 8 aromatic rings. The number of rotatable bonds is 22. The molecule has 1 saturated carbocycles. The Kier molecular flexibility index (Phi) is 17.7. The first-order chi connectivity index (χ1) is 42.6. The lowest BCUT2D eigenvalue weighted by Gasteiger charge is -2.38. The van der Waals surface area contributed by atoms with Gasteiger partial charge in [-0.1, -0.05) is 67.6 Å². The summed E-state index contributed by atoms with van der Waals surface area (Å²) < 4.78 is 43.8. The number of aromatic nitrogens is 8. The Hall–Kier alpha value is -8.16. The molecule has 1 aliphatic carbocycles. The molecule has 4 amide bonds. The van der Waals surface area contributed by atoms with Crippen molar-refractivity contribution in [2.75, 3.05) is 66.6 Å². The number of fused-ring (bicyclic) bond motifs is 2. The summed E-state index contributed by atoms with van der Waals surface area (Å²) >= 11 is 1.55. The van der Waals surface area contributed by atoms with Crippen molar-refractivity contribution in [1.82, 2.24) is 65.5 Å². The summed E-state index contributed by atoms with van der Waals surface area (Å²) in [6.45, 7) is 10.3. The van der Waals surface area contributed by atoms with E-state index in [-0.39, 0.29) is 74.6 Å². The molecule has 5 N–H and O–H groups in total. The van der Waals surface area contributed by atoms with Crippen molar-refractivity contribution >= 4 is 51.0 Å². The lowest BCUT2D eigenvalue weighted by Crippen LogP contribution is -2.59. The second kappa shape index (κ2) is 25.9. The van der Waals surface area contributed by atoms with Crippen LogP contribution in [-0.4, -0.2) is 174 Å². The second-order valence-corrected chi connectivity index (χ2v) is 24.9. The number of aryl methyl sites for hydroxylation is 1. The number of ether oxygens (including phenoxy) is 4. The van der Waals surface area contributed by atoms with Crippen LogP contribution < -0.4 is 24.8 Å². The van der Waals surface area contributed by atoms with Gasteiger partial charge in [0.05, 0.1) is 77.8 Å². The van der Waals surface area contributed by atoms with Gasteiger partial charge in [-0.05, 0) is 99.0 Å². The van der Waals surface area contributed by atoms with E-state index in [9.17, 15) is 24.6 Å². The maximum atomic E-state index is 16.2. The Balaban J connectivity index is 0.817. The monoisotopic (exact) mass is 1220 g/mol. The van der Waals surface area contributed by atoms with Gasteiger partial charge in [0.15, 0.2) is 5.75 Å². The minimum atomic E-state index is -0.968. The lowest BCUT2D eigenvalue weighted by atomic mass is 9.89. The number of halogens is 1. The van der Waals surface area contributed by atoms with Gasteiger partial charge in [0.25, 0.3) is 0 Å². The molecule has 88 heavy (non-hydrogen) atoms. The highest BCUT2D eigenvalue weighted by atomic mass is 32.1. The summed E-state index contributed by atoms with van der Waals surface area (Å²) in [5.41, 5.74) is 10.2. The molecule has 4 aromatic carbocycles. The van der Waals surface area contributed by atoms with Gasteiger partial charge >= 0.3 is 12.0 Å². The number of aliphatic hydroxyl groups excluding tert-OH is 2. The van der Waals surface area contributed by atoms with Crippen molar-refractivity contribution in [2.24, 2.45) is 5.92 Å². The largest absolute Gasteiger partial charge is 0.486 e. The average Bonchev–Trinajstić information content (AvgIpc) is 1.27. The molecule has 4 aromatic heterocycles. The molecule has 0 bridgehead atoms. The number of β-amino-alcohol motifs (C(OH)–C–C–N with tert-alkyl or cyclic N) is 1. The van der Waals surface area contributed by atoms with E-state index in [0.717, 1.165) is 51.1 Å². The fraction of sp³-hybridized carbons (Fsp3) is 0.453. The Morgan fingerprint density at radius 2 is 1.69 bits per heavy atom. The summed E-state index contributed by atoms with van der Waals surface area (Å²) in [6.07, 6.45) is 5.29. The molecule has 7 heterocycles. The van der Waals surface area contributed by atoms with E-state index in [1.807, 2.05) is 88.3 Å². The van der Waals surface area contributed by atoms with Crippen LogP contribution in [0.4, 0.5) is 9.18 Å². The second-order valence-electron chi connectivity index (χ2n) is 24.1. The van der Waals surface area contributed by atoms with Crippen LogP contribution in [0.2, 0.25) is 0 Å². The average molecular weight is 1220 g/mol. The van der Waals surface area contributed by atoms with Crippen molar-refractivity contribution in [3.8, 4) is 50.5 Å². The molecule has 3 saturated heterocycles. The predicted octanol–water partition coefficient (Wildman–Crippen LogP) is 8.06. The highest BCUT2D eigenvalue weighted by molar-refractivity contribution is 7.13. The molecule has 4 fully saturated rings. The predicted molar refractivity (Wildman–Crippen MR) is 328 cm³/mol. The molecule has 4 aliphatic rings. The summed E-state index contributed by atoms with van der Waals surface area (Å²) in [4.78, 5) is 62.6. The number of amides is 4. The number of H-pyrrole nitrogens is 1. The van der Waals surface area contributed by atoms with Crippen molar-refractivity contribution in [3.63, 3.8) is 0 Å². The Labute approximate surface area is 512 Å². The minimum Gasteiger partial charge on any atom is -0.486 e. The van der Waals surface area contributed by atoms with E-state index in [4.69, 9.17) is 28.9 Å². The lowest BCUT2D eigenvalue weighted by molar-refractivity contribution is -0.142. The van der Waals surface area contributed by atoms with Crippen LogP contribution in [0.1, 0.15) is 98.3 Å². The number of likely N-dealkylation sites (tertiary alicyclic amines) is 2. The molecule has 0 radical (unpaired) electrons.